The van der Waals surface area contributed by atoms with Gasteiger partial charge in [0.15, 0.2) is 0 Å². The molecule has 2 amide bonds. The van der Waals surface area contributed by atoms with Crippen LogP contribution in [0.25, 0.3) is 0 Å². The molecule has 1 fully saturated rings. The van der Waals surface area contributed by atoms with Crippen LogP contribution < -0.4 is 5.32 Å². The maximum absolute atomic E-state index is 13.1. The number of carbonyl (C=O) groups is 1. The van der Waals surface area contributed by atoms with Gasteiger partial charge in [-0.25, -0.2) is 9.18 Å². The van der Waals surface area contributed by atoms with Crippen LogP contribution in [0.5, 0.6) is 0 Å². The maximum Gasteiger partial charge on any atom is 0.317 e. The molecule has 0 aliphatic carbocycles. The van der Waals surface area contributed by atoms with Crippen molar-refractivity contribution >= 4 is 17.6 Å². The van der Waals surface area contributed by atoms with Crippen molar-refractivity contribution in [1.29, 1.82) is 0 Å². The van der Waals surface area contributed by atoms with Gasteiger partial charge < -0.3 is 10.2 Å². The van der Waals surface area contributed by atoms with Crippen LogP contribution in [0.3, 0.4) is 0 Å². The van der Waals surface area contributed by atoms with Crippen molar-refractivity contribution in [3.8, 4) is 0 Å². The third-order valence-corrected chi connectivity index (χ3v) is 4.30. The van der Waals surface area contributed by atoms with Gasteiger partial charge in [0.05, 0.1) is 11.1 Å². The first-order chi connectivity index (χ1) is 11.1. The summed E-state index contributed by atoms with van der Waals surface area (Å²) in [4.78, 5) is 14.1. The zero-order chi connectivity index (χ0) is 16.2. The third-order valence-electron chi connectivity index (χ3n) is 4.01. The van der Waals surface area contributed by atoms with Gasteiger partial charge >= 0.3 is 6.03 Å². The zero-order valence-corrected chi connectivity index (χ0v) is 13.3. The van der Waals surface area contributed by atoms with Gasteiger partial charge in [0.1, 0.15) is 5.82 Å². The Labute approximate surface area is 139 Å². The molecule has 1 aliphatic heterocycles. The molecule has 1 saturated heterocycles. The highest BCUT2D eigenvalue weighted by Gasteiger charge is 2.24. The van der Waals surface area contributed by atoms with Crippen molar-refractivity contribution in [2.75, 3.05) is 13.1 Å². The predicted octanol–water partition coefficient (Wildman–Crippen LogP) is 3.22. The molecule has 1 N–H and O–H groups in total. The van der Waals surface area contributed by atoms with E-state index in [0.29, 0.717) is 13.1 Å². The molecule has 122 valence electrons. The predicted molar refractivity (Wildman–Crippen MR) is 85.7 cm³/mol. The van der Waals surface area contributed by atoms with Crippen LogP contribution in [0.1, 0.15) is 24.4 Å². The minimum atomic E-state index is -0.458. The quantitative estimate of drug-likeness (QED) is 0.935. The molecule has 0 spiro atoms. The first-order valence-corrected chi connectivity index (χ1v) is 7.97. The van der Waals surface area contributed by atoms with Crippen molar-refractivity contribution in [3.05, 3.63) is 53.1 Å². The van der Waals surface area contributed by atoms with Crippen molar-refractivity contribution in [2.45, 2.75) is 25.4 Å². The average Bonchev–Trinajstić information content (AvgIpc) is 3.10. The number of rotatable bonds is 3. The summed E-state index contributed by atoms with van der Waals surface area (Å²) in [6.07, 6.45) is 5.63. The van der Waals surface area contributed by atoms with Crippen LogP contribution in [-0.4, -0.2) is 33.8 Å². The van der Waals surface area contributed by atoms with E-state index in [2.05, 4.69) is 10.4 Å². The zero-order valence-electron chi connectivity index (χ0n) is 12.6. The number of hydrogen-bond acceptors (Lipinski definition) is 2. The third kappa shape index (κ3) is 3.82. The van der Waals surface area contributed by atoms with E-state index in [0.717, 1.165) is 24.9 Å². The molecular weight excluding hydrogens is 319 g/mol. The largest absolute Gasteiger partial charge is 0.334 e. The van der Waals surface area contributed by atoms with E-state index >= 15 is 0 Å². The molecule has 2 heterocycles. The molecule has 0 bridgehead atoms. The molecule has 3 rings (SSSR count). The molecule has 23 heavy (non-hydrogen) atoms. The van der Waals surface area contributed by atoms with Crippen LogP contribution >= 0.6 is 11.6 Å². The van der Waals surface area contributed by atoms with Crippen molar-refractivity contribution in [3.63, 3.8) is 0 Å². The van der Waals surface area contributed by atoms with Gasteiger partial charge in [0.25, 0.3) is 0 Å². The maximum atomic E-state index is 13.1. The Balaban J connectivity index is 1.56. The summed E-state index contributed by atoms with van der Waals surface area (Å²) >= 11 is 5.75. The van der Waals surface area contributed by atoms with Gasteiger partial charge in [-0.05, 0) is 36.6 Å². The van der Waals surface area contributed by atoms with Crippen LogP contribution in [0, 0.1) is 5.82 Å². The lowest BCUT2D eigenvalue weighted by molar-refractivity contribution is 0.163. The summed E-state index contributed by atoms with van der Waals surface area (Å²) in [6.45, 7) is 1.69. The van der Waals surface area contributed by atoms with Gasteiger partial charge in [0.2, 0.25) is 0 Å². The second kappa shape index (κ2) is 7.00. The fourth-order valence-corrected chi connectivity index (χ4v) is 2.99. The molecule has 2 aromatic rings. The van der Waals surface area contributed by atoms with Crippen LogP contribution in [0.4, 0.5) is 9.18 Å². The molecule has 5 nitrogen and oxygen atoms in total. The smallest absolute Gasteiger partial charge is 0.317 e. The van der Waals surface area contributed by atoms with Crippen LogP contribution in [-0.2, 0) is 6.54 Å². The number of nitrogens with zero attached hydrogens (tertiary/aromatic N) is 3. The fraction of sp³-hybridized carbons (Fsp3) is 0.375. The highest BCUT2D eigenvalue weighted by Crippen LogP contribution is 2.21. The Morgan fingerprint density at radius 2 is 2.35 bits per heavy atom. The number of benzene rings is 1. The highest BCUT2D eigenvalue weighted by molar-refractivity contribution is 6.30. The van der Waals surface area contributed by atoms with Gasteiger partial charge in [-0.15, -0.1) is 0 Å². The molecule has 1 aromatic heterocycles. The fourth-order valence-electron chi connectivity index (χ4n) is 2.79. The normalized spacial score (nSPS) is 18.0. The number of halogens is 2. The summed E-state index contributed by atoms with van der Waals surface area (Å²) < 4.78 is 15.0. The molecular formula is C16H18ClFN4O. The van der Waals surface area contributed by atoms with Crippen molar-refractivity contribution in [1.82, 2.24) is 20.0 Å². The van der Waals surface area contributed by atoms with E-state index in [1.54, 1.807) is 17.2 Å². The number of nitrogens with one attached hydrogen (secondary N) is 1. The Hall–Kier alpha value is -2.08. The molecule has 0 radical (unpaired) electrons. The Morgan fingerprint density at radius 1 is 1.48 bits per heavy atom. The van der Waals surface area contributed by atoms with Gasteiger partial charge in [-0.2, -0.15) is 5.10 Å². The summed E-state index contributed by atoms with van der Waals surface area (Å²) in [7, 11) is 0. The van der Waals surface area contributed by atoms with Crippen molar-refractivity contribution in [2.24, 2.45) is 0 Å². The standard InChI is InChI=1S/C16H18ClFN4O/c17-14-9-12(4-5-15(14)18)10-19-16(23)21-7-1-3-13(11-21)22-8-2-6-20-22/h2,4-6,8-9,13H,1,3,7,10-11H2,(H,19,23). The first-order valence-electron chi connectivity index (χ1n) is 7.59. The van der Waals surface area contributed by atoms with E-state index in [1.807, 2.05) is 16.9 Å². The first kappa shape index (κ1) is 15.8. The summed E-state index contributed by atoms with van der Waals surface area (Å²) in [5.41, 5.74) is 0.769. The molecule has 1 aromatic carbocycles. The Morgan fingerprint density at radius 3 is 3.09 bits per heavy atom. The summed E-state index contributed by atoms with van der Waals surface area (Å²) in [5.74, 6) is -0.458. The average molecular weight is 337 g/mol. The lowest BCUT2D eigenvalue weighted by atomic mass is 10.1. The van der Waals surface area contributed by atoms with Gasteiger partial charge in [0, 0.05) is 32.0 Å². The summed E-state index contributed by atoms with van der Waals surface area (Å²) in [5, 5.41) is 7.17. The second-order valence-electron chi connectivity index (χ2n) is 5.64. The number of piperidine rings is 1. The lowest BCUT2D eigenvalue weighted by Crippen LogP contribution is -2.45. The van der Waals surface area contributed by atoms with E-state index in [-0.39, 0.29) is 17.1 Å². The van der Waals surface area contributed by atoms with Crippen LogP contribution in [0.2, 0.25) is 5.02 Å². The number of aromatic nitrogens is 2. The number of likely N-dealkylation sites (tertiary alicyclic amines) is 1. The van der Waals surface area contributed by atoms with E-state index < -0.39 is 5.82 Å². The van der Waals surface area contributed by atoms with Crippen molar-refractivity contribution < 1.29 is 9.18 Å². The topological polar surface area (TPSA) is 50.2 Å². The molecule has 7 heteroatoms. The Kier molecular flexibility index (Phi) is 4.81. The molecule has 1 aliphatic rings. The van der Waals surface area contributed by atoms with Crippen LogP contribution in [0.15, 0.2) is 36.7 Å². The minimum absolute atomic E-state index is 0.0634. The van der Waals surface area contributed by atoms with E-state index in [4.69, 9.17) is 11.6 Å². The highest BCUT2D eigenvalue weighted by atomic mass is 35.5. The lowest BCUT2D eigenvalue weighted by Gasteiger charge is -2.32. The Bertz CT molecular complexity index is 677. The molecule has 1 atom stereocenters. The number of urea groups is 1. The molecule has 0 saturated carbocycles. The number of amides is 2. The van der Waals surface area contributed by atoms with Gasteiger partial charge in [-0.3, -0.25) is 4.68 Å². The SMILES string of the molecule is O=C(NCc1ccc(F)c(Cl)c1)N1CCCC(n2cccn2)C1. The van der Waals surface area contributed by atoms with E-state index in [1.165, 1.54) is 12.1 Å². The molecule has 1 unspecified atom stereocenters. The monoisotopic (exact) mass is 336 g/mol. The minimum Gasteiger partial charge on any atom is -0.334 e. The number of carbonyl (C=O) groups excluding carboxylic acids is 1. The number of hydrogen-bond donors (Lipinski definition) is 1. The summed E-state index contributed by atoms with van der Waals surface area (Å²) in [6, 6.07) is 6.42. The van der Waals surface area contributed by atoms with E-state index in [9.17, 15) is 9.18 Å². The van der Waals surface area contributed by atoms with Gasteiger partial charge in [-0.1, -0.05) is 17.7 Å². The second-order valence-corrected chi connectivity index (χ2v) is 6.04.